The van der Waals surface area contributed by atoms with E-state index in [0.29, 0.717) is 5.56 Å². The van der Waals surface area contributed by atoms with Crippen molar-refractivity contribution >= 4 is 5.91 Å². The zero-order chi connectivity index (χ0) is 13.8. The van der Waals surface area contributed by atoms with Crippen molar-refractivity contribution in [2.75, 3.05) is 6.54 Å². The highest BCUT2D eigenvalue weighted by Crippen LogP contribution is 2.18. The number of carbonyl (C=O) groups is 1. The number of nitrogens with one attached hydrogen (secondary N) is 2. The summed E-state index contributed by atoms with van der Waals surface area (Å²) >= 11 is 0. The fourth-order valence-corrected chi connectivity index (χ4v) is 1.56. The molecule has 0 radical (unpaired) electrons. The van der Waals surface area contributed by atoms with Crippen molar-refractivity contribution in [3.63, 3.8) is 0 Å². The van der Waals surface area contributed by atoms with E-state index in [1.165, 1.54) is 18.3 Å². The van der Waals surface area contributed by atoms with Gasteiger partial charge in [-0.2, -0.15) is 0 Å². The molecule has 0 aliphatic heterocycles. The first kappa shape index (κ1) is 14.4. The number of aromatic nitrogens is 1. The molecule has 5 heteroatoms. The second-order valence-electron chi connectivity index (χ2n) is 4.79. The van der Waals surface area contributed by atoms with E-state index in [4.69, 9.17) is 0 Å². The first-order valence-electron chi connectivity index (χ1n) is 6.06. The van der Waals surface area contributed by atoms with Crippen molar-refractivity contribution in [3.8, 4) is 0 Å². The molecule has 1 aromatic heterocycles. The minimum atomic E-state index is -0.953. The molecule has 1 aromatic rings. The van der Waals surface area contributed by atoms with Crippen molar-refractivity contribution in [3.05, 3.63) is 34.2 Å². The number of hydrogen-bond donors (Lipinski definition) is 3. The Morgan fingerprint density at radius 3 is 2.83 bits per heavy atom. The van der Waals surface area contributed by atoms with Crippen molar-refractivity contribution in [2.45, 2.75) is 32.8 Å². The summed E-state index contributed by atoms with van der Waals surface area (Å²) in [6.07, 6.45) is 2.25. The maximum Gasteiger partial charge on any atom is 0.251 e. The van der Waals surface area contributed by atoms with Gasteiger partial charge in [0.25, 0.3) is 5.91 Å². The fraction of sp³-hybridized carbons (Fsp3) is 0.538. The molecule has 1 rings (SSSR count). The molecular formula is C13H20N2O3. The van der Waals surface area contributed by atoms with Gasteiger partial charge in [-0.15, -0.1) is 0 Å². The van der Waals surface area contributed by atoms with Crippen LogP contribution in [0.15, 0.2) is 23.1 Å². The normalized spacial score (nSPS) is 15.8. The molecule has 0 aliphatic carbocycles. The third-order valence-electron chi connectivity index (χ3n) is 3.32. The molecule has 0 fully saturated rings. The van der Waals surface area contributed by atoms with E-state index in [1.807, 2.05) is 13.8 Å². The monoisotopic (exact) mass is 252 g/mol. The van der Waals surface area contributed by atoms with E-state index in [0.717, 1.165) is 6.42 Å². The lowest BCUT2D eigenvalue weighted by Gasteiger charge is -2.29. The topological polar surface area (TPSA) is 82.2 Å². The van der Waals surface area contributed by atoms with Gasteiger partial charge in [-0.1, -0.05) is 20.3 Å². The van der Waals surface area contributed by atoms with Gasteiger partial charge < -0.3 is 15.4 Å². The van der Waals surface area contributed by atoms with Crippen LogP contribution in [0.5, 0.6) is 0 Å². The number of hydrogen-bond acceptors (Lipinski definition) is 3. The van der Waals surface area contributed by atoms with E-state index >= 15 is 0 Å². The summed E-state index contributed by atoms with van der Waals surface area (Å²) in [5.74, 6) is -0.276. The van der Waals surface area contributed by atoms with Crippen molar-refractivity contribution in [1.82, 2.24) is 10.3 Å². The van der Waals surface area contributed by atoms with E-state index in [-0.39, 0.29) is 23.9 Å². The van der Waals surface area contributed by atoms with Crippen LogP contribution in [0.3, 0.4) is 0 Å². The maximum absolute atomic E-state index is 11.8. The minimum absolute atomic E-state index is 0.0805. The van der Waals surface area contributed by atoms with Gasteiger partial charge in [0.1, 0.15) is 0 Å². The standard InChI is InChI=1S/C13H20N2O3/c1-4-9(2)13(3,18)8-15-12(17)10-5-6-14-11(16)7-10/h5-7,9,18H,4,8H2,1-3H3,(H,14,16)(H,15,17). The number of H-pyrrole nitrogens is 1. The largest absolute Gasteiger partial charge is 0.388 e. The van der Waals surface area contributed by atoms with Gasteiger partial charge in [0.05, 0.1) is 5.60 Å². The Kier molecular flexibility index (Phi) is 4.67. The van der Waals surface area contributed by atoms with Crippen LogP contribution in [0, 0.1) is 5.92 Å². The summed E-state index contributed by atoms with van der Waals surface area (Å²) in [7, 11) is 0. The minimum Gasteiger partial charge on any atom is -0.388 e. The van der Waals surface area contributed by atoms with Crippen molar-refractivity contribution < 1.29 is 9.90 Å². The summed E-state index contributed by atoms with van der Waals surface area (Å²) in [6, 6.07) is 2.75. The first-order valence-corrected chi connectivity index (χ1v) is 6.06. The lowest BCUT2D eigenvalue weighted by atomic mass is 9.88. The number of amides is 1. The van der Waals surface area contributed by atoms with Gasteiger partial charge in [-0.05, 0) is 18.9 Å². The van der Waals surface area contributed by atoms with E-state index in [2.05, 4.69) is 10.3 Å². The van der Waals surface area contributed by atoms with E-state index < -0.39 is 5.60 Å². The molecule has 0 saturated heterocycles. The van der Waals surface area contributed by atoms with Gasteiger partial charge in [0.15, 0.2) is 0 Å². The summed E-state index contributed by atoms with van der Waals surface area (Å²) in [5, 5.41) is 12.8. The Morgan fingerprint density at radius 2 is 2.28 bits per heavy atom. The number of rotatable bonds is 5. The van der Waals surface area contributed by atoms with Crippen LogP contribution < -0.4 is 10.9 Å². The number of aliphatic hydroxyl groups is 1. The molecule has 0 aromatic carbocycles. The molecule has 1 heterocycles. The number of pyridine rings is 1. The Hall–Kier alpha value is -1.62. The van der Waals surface area contributed by atoms with Crippen LogP contribution in [0.4, 0.5) is 0 Å². The molecule has 18 heavy (non-hydrogen) atoms. The highest BCUT2D eigenvalue weighted by molar-refractivity contribution is 5.93. The molecule has 3 N–H and O–H groups in total. The Balaban J connectivity index is 2.64. The second-order valence-corrected chi connectivity index (χ2v) is 4.79. The molecule has 0 bridgehead atoms. The lowest BCUT2D eigenvalue weighted by molar-refractivity contribution is 0.00592. The quantitative estimate of drug-likeness (QED) is 0.728. The summed E-state index contributed by atoms with van der Waals surface area (Å²) in [5.41, 5.74) is -0.985. The summed E-state index contributed by atoms with van der Waals surface area (Å²) < 4.78 is 0. The molecule has 0 spiro atoms. The lowest BCUT2D eigenvalue weighted by Crippen LogP contribution is -2.45. The van der Waals surface area contributed by atoms with Crippen molar-refractivity contribution in [2.24, 2.45) is 5.92 Å². The highest BCUT2D eigenvalue weighted by atomic mass is 16.3. The second kappa shape index (κ2) is 5.82. The smallest absolute Gasteiger partial charge is 0.251 e. The molecule has 100 valence electrons. The molecule has 0 aliphatic rings. The first-order chi connectivity index (χ1) is 8.36. The molecule has 1 amide bonds. The van der Waals surface area contributed by atoms with E-state index in [9.17, 15) is 14.7 Å². The van der Waals surface area contributed by atoms with Crippen LogP contribution >= 0.6 is 0 Å². The predicted octanol–water partition coefficient (Wildman–Crippen LogP) is 0.902. The summed E-state index contributed by atoms with van der Waals surface area (Å²) in [6.45, 7) is 5.77. The summed E-state index contributed by atoms with van der Waals surface area (Å²) in [4.78, 5) is 25.3. The van der Waals surface area contributed by atoms with Crippen LogP contribution in [0.25, 0.3) is 0 Å². The zero-order valence-corrected chi connectivity index (χ0v) is 11.0. The molecule has 5 nitrogen and oxygen atoms in total. The average Bonchev–Trinajstić information content (AvgIpc) is 2.35. The van der Waals surface area contributed by atoms with Crippen LogP contribution in [-0.2, 0) is 0 Å². The van der Waals surface area contributed by atoms with Crippen LogP contribution in [0.1, 0.15) is 37.6 Å². The molecule has 2 atom stereocenters. The van der Waals surface area contributed by atoms with Gasteiger partial charge in [0.2, 0.25) is 5.56 Å². The Bertz CT molecular complexity index is 465. The predicted molar refractivity (Wildman–Crippen MR) is 69.5 cm³/mol. The fourth-order valence-electron chi connectivity index (χ4n) is 1.56. The van der Waals surface area contributed by atoms with Crippen LogP contribution in [-0.4, -0.2) is 28.1 Å². The number of carbonyl (C=O) groups excluding carboxylic acids is 1. The van der Waals surface area contributed by atoms with Gasteiger partial charge in [-0.3, -0.25) is 9.59 Å². The number of aromatic amines is 1. The zero-order valence-electron chi connectivity index (χ0n) is 11.0. The third-order valence-corrected chi connectivity index (χ3v) is 3.32. The highest BCUT2D eigenvalue weighted by Gasteiger charge is 2.27. The van der Waals surface area contributed by atoms with Gasteiger partial charge in [-0.25, -0.2) is 0 Å². The van der Waals surface area contributed by atoms with Crippen LogP contribution in [0.2, 0.25) is 0 Å². The van der Waals surface area contributed by atoms with Gasteiger partial charge >= 0.3 is 0 Å². The maximum atomic E-state index is 11.8. The molecule has 2 unspecified atom stereocenters. The molecular weight excluding hydrogens is 232 g/mol. The Labute approximate surface area is 106 Å². The Morgan fingerprint density at radius 1 is 1.61 bits per heavy atom. The average molecular weight is 252 g/mol. The van der Waals surface area contributed by atoms with Crippen molar-refractivity contribution in [1.29, 1.82) is 0 Å². The third kappa shape index (κ3) is 3.70. The van der Waals surface area contributed by atoms with E-state index in [1.54, 1.807) is 6.92 Å². The molecule has 0 saturated carbocycles. The van der Waals surface area contributed by atoms with Gasteiger partial charge in [0, 0.05) is 24.4 Å². The SMILES string of the molecule is CCC(C)C(C)(O)CNC(=O)c1cc[nH]c(=O)c1.